The van der Waals surface area contributed by atoms with E-state index in [0.717, 1.165) is 38.3 Å². The van der Waals surface area contributed by atoms with Crippen LogP contribution in [0, 0.1) is 0 Å². The number of nitrogens with zero attached hydrogens (tertiary/aromatic N) is 1. The zero-order valence-corrected chi connectivity index (χ0v) is 16.1. The highest BCUT2D eigenvalue weighted by atomic mass is 16.5. The molecule has 0 amide bonds. The van der Waals surface area contributed by atoms with Crippen LogP contribution in [0.15, 0.2) is 48.5 Å². The normalized spacial score (nSPS) is 20.2. The van der Waals surface area contributed by atoms with Gasteiger partial charge in [0.15, 0.2) is 0 Å². The molecule has 4 heteroatoms. The third-order valence-corrected chi connectivity index (χ3v) is 4.80. The van der Waals surface area contributed by atoms with Crippen molar-refractivity contribution in [3.8, 4) is 5.75 Å². The Morgan fingerprint density at radius 2 is 1.58 bits per heavy atom. The molecule has 2 aromatic carbocycles. The van der Waals surface area contributed by atoms with E-state index in [1.165, 1.54) is 16.8 Å². The van der Waals surface area contributed by atoms with Crippen LogP contribution in [0.2, 0.25) is 0 Å². The number of hydrogen-bond donors (Lipinski definition) is 1. The van der Waals surface area contributed by atoms with Gasteiger partial charge in [0.2, 0.25) is 0 Å². The molecule has 1 aliphatic heterocycles. The predicted octanol–water partition coefficient (Wildman–Crippen LogP) is 3.64. The predicted molar refractivity (Wildman–Crippen MR) is 107 cm³/mol. The summed E-state index contributed by atoms with van der Waals surface area (Å²) in [7, 11) is 1.70. The van der Waals surface area contributed by atoms with E-state index in [1.807, 2.05) is 12.1 Å². The molecule has 1 aliphatic rings. The number of methoxy groups -OCH3 is 1. The molecular weight excluding hydrogens is 324 g/mol. The minimum atomic E-state index is 0.290. The Bertz CT molecular complexity index is 660. The second-order valence-electron chi connectivity index (χ2n) is 7.10. The number of morpholine rings is 1. The van der Waals surface area contributed by atoms with Gasteiger partial charge in [-0.15, -0.1) is 0 Å². The highest BCUT2D eigenvalue weighted by Gasteiger charge is 2.22. The van der Waals surface area contributed by atoms with Crippen molar-refractivity contribution in [3.05, 3.63) is 59.7 Å². The summed E-state index contributed by atoms with van der Waals surface area (Å²) in [4.78, 5) is 2.42. The molecule has 0 radical (unpaired) electrons. The maximum absolute atomic E-state index is 5.82. The molecule has 0 saturated carbocycles. The van der Waals surface area contributed by atoms with Crippen LogP contribution >= 0.6 is 0 Å². The van der Waals surface area contributed by atoms with Gasteiger partial charge in [-0.05, 0) is 62.2 Å². The number of ether oxygens (including phenoxy) is 2. The van der Waals surface area contributed by atoms with Crippen molar-refractivity contribution < 1.29 is 9.47 Å². The first-order valence-corrected chi connectivity index (χ1v) is 9.47. The molecule has 0 aromatic heterocycles. The average molecular weight is 354 g/mol. The zero-order valence-electron chi connectivity index (χ0n) is 16.1. The number of nitrogens with one attached hydrogen (secondary N) is 1. The first-order valence-electron chi connectivity index (χ1n) is 9.47. The molecule has 0 aliphatic carbocycles. The van der Waals surface area contributed by atoms with Crippen LogP contribution in [0.5, 0.6) is 5.75 Å². The fourth-order valence-corrected chi connectivity index (χ4v) is 3.47. The molecule has 2 atom stereocenters. The topological polar surface area (TPSA) is 33.7 Å². The van der Waals surface area contributed by atoms with Crippen LogP contribution < -0.4 is 15.0 Å². The number of benzene rings is 2. The lowest BCUT2D eigenvalue weighted by Gasteiger charge is -2.36. The van der Waals surface area contributed by atoms with Gasteiger partial charge in [-0.25, -0.2) is 0 Å². The molecule has 140 valence electrons. The van der Waals surface area contributed by atoms with Gasteiger partial charge in [0.25, 0.3) is 0 Å². The summed E-state index contributed by atoms with van der Waals surface area (Å²) in [6, 6.07) is 17.2. The summed E-state index contributed by atoms with van der Waals surface area (Å²) in [6.45, 7) is 8.07. The van der Waals surface area contributed by atoms with E-state index in [1.54, 1.807) is 7.11 Å². The average Bonchev–Trinajstić information content (AvgIpc) is 2.65. The van der Waals surface area contributed by atoms with Gasteiger partial charge >= 0.3 is 0 Å². The highest BCUT2D eigenvalue weighted by molar-refractivity contribution is 5.48. The number of hydrogen-bond acceptors (Lipinski definition) is 4. The molecule has 3 rings (SSSR count). The Morgan fingerprint density at radius 3 is 2.19 bits per heavy atom. The fourth-order valence-electron chi connectivity index (χ4n) is 3.47. The van der Waals surface area contributed by atoms with Crippen LogP contribution in [0.4, 0.5) is 5.69 Å². The quantitative estimate of drug-likeness (QED) is 0.770. The minimum Gasteiger partial charge on any atom is -0.497 e. The summed E-state index contributed by atoms with van der Waals surface area (Å²) >= 11 is 0. The van der Waals surface area contributed by atoms with Gasteiger partial charge in [0.1, 0.15) is 5.75 Å². The highest BCUT2D eigenvalue weighted by Crippen LogP contribution is 2.20. The van der Waals surface area contributed by atoms with Gasteiger partial charge in [-0.1, -0.05) is 24.3 Å². The largest absolute Gasteiger partial charge is 0.497 e. The summed E-state index contributed by atoms with van der Waals surface area (Å²) in [5.74, 6) is 0.908. The van der Waals surface area contributed by atoms with Crippen LogP contribution in [-0.4, -0.2) is 39.0 Å². The van der Waals surface area contributed by atoms with E-state index in [0.29, 0.717) is 0 Å². The maximum Gasteiger partial charge on any atom is 0.118 e. The van der Waals surface area contributed by atoms with Gasteiger partial charge in [-0.3, -0.25) is 0 Å². The smallest absolute Gasteiger partial charge is 0.118 e. The SMILES string of the molecule is COc1ccc(CCNCc2ccc(N3CC(C)OC(C)C3)cc2)cc1. The molecule has 1 saturated heterocycles. The first kappa shape index (κ1) is 18.7. The Labute approximate surface area is 157 Å². The first-order chi connectivity index (χ1) is 12.6. The Morgan fingerprint density at radius 1 is 0.962 bits per heavy atom. The van der Waals surface area contributed by atoms with E-state index in [-0.39, 0.29) is 12.2 Å². The van der Waals surface area contributed by atoms with Crippen LogP contribution in [0.3, 0.4) is 0 Å². The number of anilines is 1. The maximum atomic E-state index is 5.82. The monoisotopic (exact) mass is 354 g/mol. The van der Waals surface area contributed by atoms with Gasteiger partial charge in [0.05, 0.1) is 19.3 Å². The summed E-state index contributed by atoms with van der Waals surface area (Å²) in [5.41, 5.74) is 3.93. The molecule has 4 nitrogen and oxygen atoms in total. The number of rotatable bonds is 7. The van der Waals surface area contributed by atoms with Crippen LogP contribution in [0.25, 0.3) is 0 Å². The van der Waals surface area contributed by atoms with E-state index < -0.39 is 0 Å². The van der Waals surface area contributed by atoms with Crippen LogP contribution in [0.1, 0.15) is 25.0 Å². The van der Waals surface area contributed by atoms with E-state index in [2.05, 4.69) is 60.5 Å². The van der Waals surface area contributed by atoms with Crippen molar-refractivity contribution in [1.82, 2.24) is 5.32 Å². The summed E-state index contributed by atoms with van der Waals surface area (Å²) < 4.78 is 11.0. The van der Waals surface area contributed by atoms with Crippen molar-refractivity contribution >= 4 is 5.69 Å². The van der Waals surface area contributed by atoms with E-state index in [9.17, 15) is 0 Å². The molecule has 2 unspecified atom stereocenters. The summed E-state index contributed by atoms with van der Waals surface area (Å²) in [6.07, 6.45) is 1.60. The molecule has 1 N–H and O–H groups in total. The summed E-state index contributed by atoms with van der Waals surface area (Å²) in [5, 5.41) is 3.53. The second kappa shape index (κ2) is 9.06. The van der Waals surface area contributed by atoms with Crippen molar-refractivity contribution in [2.75, 3.05) is 31.6 Å². The van der Waals surface area contributed by atoms with Gasteiger partial charge in [-0.2, -0.15) is 0 Å². The molecule has 0 spiro atoms. The molecule has 1 heterocycles. The lowest BCUT2D eigenvalue weighted by molar-refractivity contribution is -0.00521. The van der Waals surface area contributed by atoms with Crippen LogP contribution in [-0.2, 0) is 17.7 Å². The van der Waals surface area contributed by atoms with Crippen molar-refractivity contribution in [2.24, 2.45) is 0 Å². The molecule has 0 bridgehead atoms. The van der Waals surface area contributed by atoms with E-state index >= 15 is 0 Å². The molecular formula is C22H30N2O2. The Balaban J connectivity index is 1.44. The van der Waals surface area contributed by atoms with Crippen molar-refractivity contribution in [3.63, 3.8) is 0 Å². The third-order valence-electron chi connectivity index (χ3n) is 4.80. The van der Waals surface area contributed by atoms with Crippen molar-refractivity contribution in [2.45, 2.75) is 39.0 Å². The second-order valence-corrected chi connectivity index (χ2v) is 7.10. The Hall–Kier alpha value is -2.04. The molecule has 2 aromatic rings. The van der Waals surface area contributed by atoms with Gasteiger partial charge in [0, 0.05) is 25.3 Å². The van der Waals surface area contributed by atoms with E-state index in [4.69, 9.17) is 9.47 Å². The zero-order chi connectivity index (χ0) is 18.4. The standard InChI is InChI=1S/C22H30N2O2/c1-17-15-24(16-18(2)26-17)21-8-4-20(5-9-21)14-23-13-12-19-6-10-22(25-3)11-7-19/h4-11,17-18,23H,12-16H2,1-3H3. The lowest BCUT2D eigenvalue weighted by Crippen LogP contribution is -2.45. The third kappa shape index (κ3) is 5.23. The lowest BCUT2D eigenvalue weighted by atomic mass is 10.1. The Kier molecular flexibility index (Phi) is 6.53. The van der Waals surface area contributed by atoms with Gasteiger partial charge < -0.3 is 19.7 Å². The minimum absolute atomic E-state index is 0.290. The van der Waals surface area contributed by atoms with Crippen molar-refractivity contribution in [1.29, 1.82) is 0 Å². The fraction of sp³-hybridized carbons (Fsp3) is 0.455. The molecule has 1 fully saturated rings. The molecule has 26 heavy (non-hydrogen) atoms.